The summed E-state index contributed by atoms with van der Waals surface area (Å²) in [5.41, 5.74) is 3.67. The molecule has 0 aliphatic heterocycles. The molecule has 5 nitrogen and oxygen atoms in total. The number of nitrogens with one attached hydrogen (secondary N) is 1. The monoisotopic (exact) mass is 170 g/mol. The van der Waals surface area contributed by atoms with Gasteiger partial charge in [-0.1, -0.05) is 0 Å². The molecular formula is C7H14N4O. The highest BCUT2D eigenvalue weighted by molar-refractivity contribution is 5.04. The largest absolute Gasteiger partial charge is 0.383 e. The van der Waals surface area contributed by atoms with Crippen LogP contribution < -0.4 is 11.3 Å². The Hall–Kier alpha value is -0.910. The van der Waals surface area contributed by atoms with Crippen LogP contribution in [0.25, 0.3) is 0 Å². The highest BCUT2D eigenvalue weighted by atomic mass is 16.5. The number of aromatic nitrogens is 2. The third-order valence-corrected chi connectivity index (χ3v) is 1.75. The quantitative estimate of drug-likeness (QED) is 0.475. The van der Waals surface area contributed by atoms with E-state index < -0.39 is 0 Å². The minimum Gasteiger partial charge on any atom is -0.383 e. The van der Waals surface area contributed by atoms with Gasteiger partial charge in [0, 0.05) is 20.4 Å². The van der Waals surface area contributed by atoms with E-state index in [0.29, 0.717) is 6.61 Å². The molecule has 0 aliphatic carbocycles. The van der Waals surface area contributed by atoms with E-state index in [2.05, 4.69) is 10.4 Å². The normalized spacial score (nSPS) is 13.2. The zero-order valence-corrected chi connectivity index (χ0v) is 7.32. The lowest BCUT2D eigenvalue weighted by Gasteiger charge is -2.14. The number of hydrogen-bond donors (Lipinski definition) is 2. The van der Waals surface area contributed by atoms with Gasteiger partial charge in [0.25, 0.3) is 0 Å². The highest BCUT2D eigenvalue weighted by Gasteiger charge is 2.11. The van der Waals surface area contributed by atoms with Crippen molar-refractivity contribution in [3.63, 3.8) is 0 Å². The number of imidazole rings is 1. The summed E-state index contributed by atoms with van der Waals surface area (Å²) in [4.78, 5) is 3.98. The topological polar surface area (TPSA) is 65.1 Å². The maximum atomic E-state index is 5.35. The first-order valence-corrected chi connectivity index (χ1v) is 3.71. The molecule has 68 valence electrons. The Morgan fingerprint density at radius 2 is 2.58 bits per heavy atom. The number of methoxy groups -OCH3 is 1. The average Bonchev–Trinajstić information content (AvgIpc) is 2.47. The van der Waals surface area contributed by atoms with Gasteiger partial charge in [-0.25, -0.2) is 10.4 Å². The van der Waals surface area contributed by atoms with Crippen LogP contribution in [0.1, 0.15) is 11.7 Å². The summed E-state index contributed by atoms with van der Waals surface area (Å²) in [7, 11) is 3.56. The summed E-state index contributed by atoms with van der Waals surface area (Å²) in [6, 6.07) is 0.00231. The molecule has 0 amide bonds. The van der Waals surface area contributed by atoms with Gasteiger partial charge >= 0.3 is 0 Å². The lowest BCUT2D eigenvalue weighted by molar-refractivity contribution is 0.164. The molecule has 1 aromatic heterocycles. The van der Waals surface area contributed by atoms with Crippen LogP contribution in [0.3, 0.4) is 0 Å². The lowest BCUT2D eigenvalue weighted by Crippen LogP contribution is -2.32. The van der Waals surface area contributed by atoms with Crippen molar-refractivity contribution in [1.29, 1.82) is 0 Å². The summed E-state index contributed by atoms with van der Waals surface area (Å²) in [5, 5.41) is 0. The minimum absolute atomic E-state index is 0.00231. The Labute approximate surface area is 71.5 Å². The molecule has 1 rings (SSSR count). The highest BCUT2D eigenvalue weighted by Crippen LogP contribution is 2.09. The SMILES string of the molecule is COCC(NN)c1cncn1C. The van der Waals surface area contributed by atoms with E-state index in [4.69, 9.17) is 10.6 Å². The fraction of sp³-hybridized carbons (Fsp3) is 0.571. The van der Waals surface area contributed by atoms with Gasteiger partial charge in [-0.3, -0.25) is 5.84 Å². The number of hydrogen-bond acceptors (Lipinski definition) is 4. The summed E-state index contributed by atoms with van der Waals surface area (Å²) >= 11 is 0. The number of nitrogens with zero attached hydrogens (tertiary/aromatic N) is 2. The number of hydrazine groups is 1. The number of aryl methyl sites for hydroxylation is 1. The molecule has 1 heterocycles. The van der Waals surface area contributed by atoms with E-state index in [9.17, 15) is 0 Å². The van der Waals surface area contributed by atoms with Crippen LogP contribution in [-0.4, -0.2) is 23.3 Å². The molecule has 0 aromatic carbocycles. The Balaban J connectivity index is 2.72. The molecule has 0 saturated heterocycles. The van der Waals surface area contributed by atoms with E-state index in [0.717, 1.165) is 5.69 Å². The van der Waals surface area contributed by atoms with Crippen molar-refractivity contribution in [3.05, 3.63) is 18.2 Å². The molecule has 0 saturated carbocycles. The van der Waals surface area contributed by atoms with Gasteiger partial charge in [0.1, 0.15) is 0 Å². The number of nitrogens with two attached hydrogens (primary N) is 1. The molecule has 0 fully saturated rings. The summed E-state index contributed by atoms with van der Waals surface area (Å²) in [5.74, 6) is 5.35. The van der Waals surface area contributed by atoms with Crippen LogP contribution in [0, 0.1) is 0 Å². The summed E-state index contributed by atoms with van der Waals surface area (Å²) in [6.07, 6.45) is 3.50. The van der Waals surface area contributed by atoms with Crippen molar-refractivity contribution in [3.8, 4) is 0 Å². The maximum Gasteiger partial charge on any atom is 0.0946 e. The van der Waals surface area contributed by atoms with Crippen molar-refractivity contribution < 1.29 is 4.74 Å². The Bertz CT molecular complexity index is 235. The molecule has 0 radical (unpaired) electrons. The molecule has 0 aliphatic rings. The van der Waals surface area contributed by atoms with Crippen molar-refractivity contribution in [2.75, 3.05) is 13.7 Å². The maximum absolute atomic E-state index is 5.35. The van der Waals surface area contributed by atoms with Crippen LogP contribution >= 0.6 is 0 Å². The van der Waals surface area contributed by atoms with E-state index in [1.165, 1.54) is 0 Å². The number of rotatable bonds is 4. The summed E-state index contributed by atoms with van der Waals surface area (Å²) in [6.45, 7) is 0.538. The second-order valence-corrected chi connectivity index (χ2v) is 2.60. The van der Waals surface area contributed by atoms with Gasteiger partial charge < -0.3 is 9.30 Å². The zero-order chi connectivity index (χ0) is 8.97. The third-order valence-electron chi connectivity index (χ3n) is 1.75. The predicted molar refractivity (Wildman–Crippen MR) is 45.1 cm³/mol. The molecule has 1 atom stereocenters. The fourth-order valence-corrected chi connectivity index (χ4v) is 1.09. The van der Waals surface area contributed by atoms with Crippen molar-refractivity contribution in [2.24, 2.45) is 12.9 Å². The van der Waals surface area contributed by atoms with Gasteiger partial charge in [-0.05, 0) is 0 Å². The second kappa shape index (κ2) is 4.20. The van der Waals surface area contributed by atoms with Crippen molar-refractivity contribution >= 4 is 0 Å². The first kappa shape index (κ1) is 9.18. The van der Waals surface area contributed by atoms with E-state index in [-0.39, 0.29) is 6.04 Å². The zero-order valence-electron chi connectivity index (χ0n) is 7.32. The van der Waals surface area contributed by atoms with Gasteiger partial charge in [0.2, 0.25) is 0 Å². The smallest absolute Gasteiger partial charge is 0.0946 e. The predicted octanol–water partition coefficient (Wildman–Crippen LogP) is -0.429. The second-order valence-electron chi connectivity index (χ2n) is 2.60. The number of ether oxygens (including phenoxy) is 1. The standard InChI is InChI=1S/C7H14N4O/c1-11-5-9-3-7(11)6(10-8)4-12-2/h3,5-6,10H,4,8H2,1-2H3. The molecular weight excluding hydrogens is 156 g/mol. The first-order valence-electron chi connectivity index (χ1n) is 3.71. The molecule has 0 spiro atoms. The minimum atomic E-state index is 0.00231. The van der Waals surface area contributed by atoms with Gasteiger partial charge in [0.15, 0.2) is 0 Å². The van der Waals surface area contributed by atoms with Gasteiger partial charge in [-0.2, -0.15) is 0 Å². The Morgan fingerprint density at radius 3 is 3.00 bits per heavy atom. The molecule has 5 heteroatoms. The molecule has 12 heavy (non-hydrogen) atoms. The fourth-order valence-electron chi connectivity index (χ4n) is 1.09. The molecule has 1 aromatic rings. The van der Waals surface area contributed by atoms with Gasteiger partial charge in [0.05, 0.1) is 24.7 Å². The summed E-state index contributed by atoms with van der Waals surface area (Å²) < 4.78 is 6.90. The third kappa shape index (κ3) is 1.82. The van der Waals surface area contributed by atoms with Crippen molar-refractivity contribution in [2.45, 2.75) is 6.04 Å². The molecule has 3 N–H and O–H groups in total. The van der Waals surface area contributed by atoms with Crippen LogP contribution in [0.15, 0.2) is 12.5 Å². The van der Waals surface area contributed by atoms with E-state index >= 15 is 0 Å². The molecule has 1 unspecified atom stereocenters. The first-order chi connectivity index (χ1) is 5.79. The average molecular weight is 170 g/mol. The lowest BCUT2D eigenvalue weighted by atomic mass is 10.2. The Kier molecular flexibility index (Phi) is 3.21. The Morgan fingerprint density at radius 1 is 1.83 bits per heavy atom. The van der Waals surface area contributed by atoms with Crippen LogP contribution in [0.2, 0.25) is 0 Å². The van der Waals surface area contributed by atoms with Crippen LogP contribution in [-0.2, 0) is 11.8 Å². The van der Waals surface area contributed by atoms with Gasteiger partial charge in [-0.15, -0.1) is 0 Å². The van der Waals surface area contributed by atoms with Crippen LogP contribution in [0.5, 0.6) is 0 Å². The molecule has 0 bridgehead atoms. The van der Waals surface area contributed by atoms with Crippen molar-refractivity contribution in [1.82, 2.24) is 15.0 Å². The van der Waals surface area contributed by atoms with Crippen LogP contribution in [0.4, 0.5) is 0 Å². The van der Waals surface area contributed by atoms with E-state index in [1.807, 2.05) is 11.6 Å². The van der Waals surface area contributed by atoms with E-state index in [1.54, 1.807) is 19.6 Å².